The first kappa shape index (κ1) is 62.6. The lowest BCUT2D eigenvalue weighted by Gasteiger charge is -2.18. The van der Waals surface area contributed by atoms with Crippen LogP contribution in [0, 0.1) is 0 Å². The van der Waals surface area contributed by atoms with E-state index >= 15 is 0 Å². The van der Waals surface area contributed by atoms with E-state index in [4.69, 9.17) is 14.2 Å². The molecule has 380 valence electrons. The number of unbranched alkanes of at least 4 members (excludes halogenated alkanes) is 35. The molecule has 0 N–H and O–H groups in total. The van der Waals surface area contributed by atoms with Crippen LogP contribution < -0.4 is 0 Å². The van der Waals surface area contributed by atoms with E-state index in [1.54, 1.807) is 0 Å². The normalized spacial score (nSPS) is 12.2. The van der Waals surface area contributed by atoms with Gasteiger partial charge in [0, 0.05) is 19.3 Å². The lowest BCUT2D eigenvalue weighted by Crippen LogP contribution is -2.30. The summed E-state index contributed by atoms with van der Waals surface area (Å²) in [5, 5.41) is 0. The third-order valence-electron chi connectivity index (χ3n) is 12.6. The van der Waals surface area contributed by atoms with Crippen LogP contribution in [0.15, 0.2) is 36.5 Å². The SMILES string of the molecule is CCCCCC=CCC=CCCCCCCCC(=O)OC(COC(=O)CCCCCCCCCC=CCCCCCCCC)COC(=O)CCCCCCCCCCCCCCCCC. The third-order valence-corrected chi connectivity index (χ3v) is 12.6. The van der Waals surface area contributed by atoms with Crippen LogP contribution in [-0.2, 0) is 28.6 Å². The fraction of sp³-hybridized carbons (Fsp3) is 0.847. The van der Waals surface area contributed by atoms with Gasteiger partial charge < -0.3 is 14.2 Å². The van der Waals surface area contributed by atoms with Gasteiger partial charge in [0.05, 0.1) is 0 Å². The van der Waals surface area contributed by atoms with Crippen LogP contribution in [0.4, 0.5) is 0 Å². The number of allylic oxidation sites excluding steroid dienone is 6. The van der Waals surface area contributed by atoms with Gasteiger partial charge >= 0.3 is 17.9 Å². The van der Waals surface area contributed by atoms with Crippen molar-refractivity contribution < 1.29 is 28.6 Å². The smallest absolute Gasteiger partial charge is 0.306 e. The van der Waals surface area contributed by atoms with Crippen molar-refractivity contribution in [3.63, 3.8) is 0 Å². The molecule has 0 radical (unpaired) electrons. The Morgan fingerprint density at radius 2 is 0.554 bits per heavy atom. The molecule has 0 aliphatic rings. The lowest BCUT2D eigenvalue weighted by molar-refractivity contribution is -0.167. The van der Waals surface area contributed by atoms with Gasteiger partial charge in [-0.05, 0) is 77.0 Å². The van der Waals surface area contributed by atoms with E-state index in [-0.39, 0.29) is 31.1 Å². The average molecular weight is 914 g/mol. The summed E-state index contributed by atoms with van der Waals surface area (Å²) in [6.45, 7) is 6.63. The van der Waals surface area contributed by atoms with Crippen molar-refractivity contribution in [1.82, 2.24) is 0 Å². The Balaban J connectivity index is 4.37. The molecule has 0 aliphatic heterocycles. The van der Waals surface area contributed by atoms with E-state index in [1.807, 2.05) is 0 Å². The zero-order valence-corrected chi connectivity index (χ0v) is 43.5. The van der Waals surface area contributed by atoms with Crippen LogP contribution >= 0.6 is 0 Å². The topological polar surface area (TPSA) is 78.9 Å². The summed E-state index contributed by atoms with van der Waals surface area (Å²) >= 11 is 0. The molecule has 65 heavy (non-hydrogen) atoms. The van der Waals surface area contributed by atoms with Crippen molar-refractivity contribution in [2.75, 3.05) is 13.2 Å². The zero-order valence-electron chi connectivity index (χ0n) is 43.5. The molecule has 0 saturated heterocycles. The molecule has 0 bridgehead atoms. The highest BCUT2D eigenvalue weighted by Crippen LogP contribution is 2.16. The van der Waals surface area contributed by atoms with Crippen LogP contribution in [0.3, 0.4) is 0 Å². The standard InChI is InChI=1S/C59H108O6/c1-4-7-10-13-16-19-22-25-28-29-32-34-37-40-43-46-49-52-58(61)64-55-56(65-59(62)53-50-47-44-41-38-35-31-27-24-21-18-15-12-9-6-3)54-63-57(60)51-48-45-42-39-36-33-30-26-23-20-17-14-11-8-5-2/h18,21,25,27-28,31,56H,4-17,19-20,22-24,26,29-30,32-55H2,1-3H3. The zero-order chi connectivity index (χ0) is 47.2. The number of carbonyl (C=O) groups excluding carboxylic acids is 3. The van der Waals surface area contributed by atoms with Crippen LogP contribution in [0.5, 0.6) is 0 Å². The van der Waals surface area contributed by atoms with E-state index in [9.17, 15) is 14.4 Å². The van der Waals surface area contributed by atoms with Gasteiger partial charge in [-0.3, -0.25) is 14.4 Å². The largest absolute Gasteiger partial charge is 0.462 e. The van der Waals surface area contributed by atoms with Crippen molar-refractivity contribution in [3.05, 3.63) is 36.5 Å². The minimum absolute atomic E-state index is 0.0757. The molecular formula is C59H108O6. The summed E-state index contributed by atoms with van der Waals surface area (Å²) in [4.78, 5) is 38.1. The fourth-order valence-electron chi connectivity index (χ4n) is 8.29. The van der Waals surface area contributed by atoms with Gasteiger partial charge in [-0.25, -0.2) is 0 Å². The quantitative estimate of drug-likeness (QED) is 0.0262. The first-order chi connectivity index (χ1) is 32.0. The number of hydrogen-bond donors (Lipinski definition) is 0. The van der Waals surface area contributed by atoms with E-state index in [0.717, 1.165) is 83.5 Å². The molecule has 0 heterocycles. The number of hydrogen-bond acceptors (Lipinski definition) is 6. The molecular weight excluding hydrogens is 805 g/mol. The van der Waals surface area contributed by atoms with E-state index in [0.29, 0.717) is 19.3 Å². The molecule has 1 unspecified atom stereocenters. The minimum atomic E-state index is -0.778. The molecule has 0 aliphatic carbocycles. The molecule has 0 aromatic carbocycles. The first-order valence-electron chi connectivity index (χ1n) is 28.5. The second-order valence-corrected chi connectivity index (χ2v) is 19.2. The monoisotopic (exact) mass is 913 g/mol. The van der Waals surface area contributed by atoms with E-state index < -0.39 is 6.10 Å². The molecule has 0 fully saturated rings. The summed E-state index contributed by atoms with van der Waals surface area (Å²) in [5.41, 5.74) is 0. The summed E-state index contributed by atoms with van der Waals surface area (Å²) in [6.07, 6.45) is 64.1. The van der Waals surface area contributed by atoms with Crippen molar-refractivity contribution in [1.29, 1.82) is 0 Å². The second-order valence-electron chi connectivity index (χ2n) is 19.2. The Bertz CT molecular complexity index is 1090. The summed E-state index contributed by atoms with van der Waals surface area (Å²) in [6, 6.07) is 0. The van der Waals surface area contributed by atoms with Crippen LogP contribution in [0.25, 0.3) is 0 Å². The Morgan fingerprint density at radius 3 is 0.892 bits per heavy atom. The van der Waals surface area contributed by atoms with E-state index in [1.165, 1.54) is 180 Å². The predicted octanol–water partition coefficient (Wildman–Crippen LogP) is 18.9. The maximum Gasteiger partial charge on any atom is 0.306 e. The van der Waals surface area contributed by atoms with Gasteiger partial charge in [0.1, 0.15) is 13.2 Å². The van der Waals surface area contributed by atoms with Gasteiger partial charge in [-0.2, -0.15) is 0 Å². The summed E-state index contributed by atoms with van der Waals surface area (Å²) in [5.74, 6) is -0.878. The van der Waals surface area contributed by atoms with Crippen molar-refractivity contribution in [3.8, 4) is 0 Å². The highest BCUT2D eigenvalue weighted by Gasteiger charge is 2.19. The number of esters is 3. The predicted molar refractivity (Wildman–Crippen MR) is 279 cm³/mol. The Morgan fingerprint density at radius 1 is 0.308 bits per heavy atom. The molecule has 0 amide bonds. The molecule has 0 spiro atoms. The lowest BCUT2D eigenvalue weighted by atomic mass is 10.0. The second kappa shape index (κ2) is 54.2. The van der Waals surface area contributed by atoms with Crippen molar-refractivity contribution in [2.45, 2.75) is 309 Å². The molecule has 0 saturated carbocycles. The summed E-state index contributed by atoms with van der Waals surface area (Å²) < 4.78 is 16.9. The minimum Gasteiger partial charge on any atom is -0.462 e. The molecule has 0 aromatic heterocycles. The highest BCUT2D eigenvalue weighted by molar-refractivity contribution is 5.71. The molecule has 6 nitrogen and oxygen atoms in total. The number of rotatable bonds is 52. The number of carbonyl (C=O) groups is 3. The summed E-state index contributed by atoms with van der Waals surface area (Å²) in [7, 11) is 0. The fourth-order valence-corrected chi connectivity index (χ4v) is 8.29. The van der Waals surface area contributed by atoms with Gasteiger partial charge in [0.2, 0.25) is 0 Å². The Labute approximate surface area is 404 Å². The molecule has 6 heteroatoms. The van der Waals surface area contributed by atoms with E-state index in [2.05, 4.69) is 57.2 Å². The van der Waals surface area contributed by atoms with Gasteiger partial charge in [0.15, 0.2) is 6.10 Å². The molecule has 0 aromatic rings. The van der Waals surface area contributed by atoms with Gasteiger partial charge in [-0.15, -0.1) is 0 Å². The van der Waals surface area contributed by atoms with Crippen molar-refractivity contribution >= 4 is 17.9 Å². The average Bonchev–Trinajstić information content (AvgIpc) is 3.30. The Hall–Kier alpha value is -2.37. The molecule has 1 atom stereocenters. The van der Waals surface area contributed by atoms with Crippen molar-refractivity contribution in [2.24, 2.45) is 0 Å². The van der Waals surface area contributed by atoms with Gasteiger partial charge in [0.25, 0.3) is 0 Å². The maximum absolute atomic E-state index is 12.8. The van der Waals surface area contributed by atoms with Crippen LogP contribution in [-0.4, -0.2) is 37.2 Å². The van der Waals surface area contributed by atoms with Gasteiger partial charge in [-0.1, -0.05) is 243 Å². The third kappa shape index (κ3) is 52.5. The molecule has 0 rings (SSSR count). The maximum atomic E-state index is 12.8. The first-order valence-corrected chi connectivity index (χ1v) is 28.5. The van der Waals surface area contributed by atoms with Crippen LogP contribution in [0.2, 0.25) is 0 Å². The Kier molecular flexibility index (Phi) is 52.3. The van der Waals surface area contributed by atoms with Crippen LogP contribution in [0.1, 0.15) is 303 Å². The number of ether oxygens (including phenoxy) is 3. The highest BCUT2D eigenvalue weighted by atomic mass is 16.6.